The first-order valence-corrected chi connectivity index (χ1v) is 10.3. The molecule has 0 saturated carbocycles. The molecule has 0 aliphatic heterocycles. The lowest BCUT2D eigenvalue weighted by atomic mass is 10.1. The lowest BCUT2D eigenvalue weighted by molar-refractivity contribution is 0.0697. The molecule has 0 amide bonds. The average molecular weight is 466 g/mol. The molecule has 0 aliphatic rings. The Morgan fingerprint density at radius 1 is 1.03 bits per heavy atom. The van der Waals surface area contributed by atoms with Crippen LogP contribution in [0.3, 0.4) is 0 Å². The molecule has 3 rings (SSSR count). The van der Waals surface area contributed by atoms with Crippen molar-refractivity contribution in [1.29, 1.82) is 0 Å². The van der Waals surface area contributed by atoms with Gasteiger partial charge in [-0.1, -0.05) is 53.0 Å². The van der Waals surface area contributed by atoms with Crippen LogP contribution in [0.25, 0.3) is 0 Å². The predicted molar refractivity (Wildman–Crippen MR) is 121 cm³/mol. The normalized spacial score (nSPS) is 10.8. The fourth-order valence-corrected chi connectivity index (χ4v) is 3.84. The summed E-state index contributed by atoms with van der Waals surface area (Å²) in [5.74, 6) is -0.981. The Balaban J connectivity index is 1.87. The third-order valence-electron chi connectivity index (χ3n) is 4.77. The van der Waals surface area contributed by atoms with Crippen molar-refractivity contribution in [2.24, 2.45) is 0 Å². The standard InChI is InChI=1S/C22H19Cl3N2O3/c1-26(17-4-2-3-16(23)11-17)13-20-18(24)12-19(25)21(28)27(20)10-9-14-5-7-15(8-6-14)22(29)30/h2-8,11-12H,9-10,13H2,1H3,(H,29,30). The van der Waals surface area contributed by atoms with Gasteiger partial charge in [0.05, 0.1) is 22.8 Å². The molecule has 0 atom stereocenters. The number of aromatic nitrogens is 1. The zero-order valence-electron chi connectivity index (χ0n) is 16.1. The van der Waals surface area contributed by atoms with Gasteiger partial charge < -0.3 is 14.6 Å². The fraction of sp³-hybridized carbons (Fsp3) is 0.182. The van der Waals surface area contributed by atoms with Gasteiger partial charge in [0.2, 0.25) is 0 Å². The number of halogens is 3. The first-order valence-electron chi connectivity index (χ1n) is 9.13. The molecule has 0 spiro atoms. The second kappa shape index (κ2) is 9.56. The summed E-state index contributed by atoms with van der Waals surface area (Å²) < 4.78 is 1.57. The van der Waals surface area contributed by atoms with Crippen molar-refractivity contribution in [3.05, 3.63) is 96.8 Å². The molecule has 5 nitrogen and oxygen atoms in total. The van der Waals surface area contributed by atoms with Crippen LogP contribution in [0.15, 0.2) is 59.4 Å². The number of hydrogen-bond donors (Lipinski definition) is 1. The van der Waals surface area contributed by atoms with Crippen molar-refractivity contribution >= 4 is 46.5 Å². The van der Waals surface area contributed by atoms with Crippen LogP contribution < -0.4 is 10.5 Å². The number of carboxylic acid groups (broad SMARTS) is 1. The van der Waals surface area contributed by atoms with Crippen molar-refractivity contribution in [2.45, 2.75) is 19.5 Å². The van der Waals surface area contributed by atoms with Crippen LogP contribution in [0.2, 0.25) is 15.1 Å². The molecule has 8 heteroatoms. The van der Waals surface area contributed by atoms with Gasteiger partial charge in [0.25, 0.3) is 5.56 Å². The minimum Gasteiger partial charge on any atom is -0.478 e. The summed E-state index contributed by atoms with van der Waals surface area (Å²) in [5, 5.41) is 10.1. The molecule has 156 valence electrons. The SMILES string of the molecule is CN(Cc1c(Cl)cc(Cl)c(=O)n1CCc1ccc(C(=O)O)cc1)c1cccc(Cl)c1. The Morgan fingerprint density at radius 2 is 1.73 bits per heavy atom. The van der Waals surface area contributed by atoms with Gasteiger partial charge in [0.15, 0.2) is 0 Å². The molecule has 0 radical (unpaired) electrons. The summed E-state index contributed by atoms with van der Waals surface area (Å²) in [6.07, 6.45) is 0.518. The minimum absolute atomic E-state index is 0.0513. The molecule has 0 bridgehead atoms. The summed E-state index contributed by atoms with van der Waals surface area (Å²) >= 11 is 18.6. The Bertz CT molecular complexity index is 1130. The van der Waals surface area contributed by atoms with E-state index in [4.69, 9.17) is 39.9 Å². The number of aryl methyl sites for hydroxylation is 1. The maximum absolute atomic E-state index is 12.7. The van der Waals surface area contributed by atoms with Crippen LogP contribution in [-0.4, -0.2) is 22.7 Å². The van der Waals surface area contributed by atoms with E-state index in [1.807, 2.05) is 30.1 Å². The number of anilines is 1. The Morgan fingerprint density at radius 3 is 2.37 bits per heavy atom. The van der Waals surface area contributed by atoms with Crippen LogP contribution >= 0.6 is 34.8 Å². The van der Waals surface area contributed by atoms with Crippen LogP contribution in [0, 0.1) is 0 Å². The Labute approximate surface area is 189 Å². The zero-order chi connectivity index (χ0) is 21.8. The number of nitrogens with zero attached hydrogens (tertiary/aromatic N) is 2. The monoisotopic (exact) mass is 464 g/mol. The van der Waals surface area contributed by atoms with E-state index in [0.717, 1.165) is 11.3 Å². The van der Waals surface area contributed by atoms with Gasteiger partial charge in [-0.2, -0.15) is 0 Å². The number of rotatable bonds is 7. The second-order valence-corrected chi connectivity index (χ2v) is 8.08. The molecule has 0 aliphatic carbocycles. The molecule has 3 aromatic rings. The molecule has 1 heterocycles. The first kappa shape index (κ1) is 22.2. The van der Waals surface area contributed by atoms with Crippen molar-refractivity contribution in [1.82, 2.24) is 4.57 Å². The van der Waals surface area contributed by atoms with Crippen LogP contribution in [0.1, 0.15) is 21.6 Å². The average Bonchev–Trinajstić information content (AvgIpc) is 2.71. The van der Waals surface area contributed by atoms with Gasteiger partial charge in [-0.15, -0.1) is 0 Å². The van der Waals surface area contributed by atoms with Gasteiger partial charge in [0.1, 0.15) is 5.02 Å². The van der Waals surface area contributed by atoms with E-state index in [0.29, 0.717) is 35.2 Å². The van der Waals surface area contributed by atoms with Gasteiger partial charge >= 0.3 is 5.97 Å². The van der Waals surface area contributed by atoms with Crippen molar-refractivity contribution in [3.8, 4) is 0 Å². The number of aromatic carboxylic acids is 1. The first-order chi connectivity index (χ1) is 14.3. The number of pyridine rings is 1. The van der Waals surface area contributed by atoms with Gasteiger partial charge in [0, 0.05) is 24.3 Å². The van der Waals surface area contributed by atoms with E-state index < -0.39 is 5.97 Å². The lowest BCUT2D eigenvalue weighted by Crippen LogP contribution is -2.29. The smallest absolute Gasteiger partial charge is 0.335 e. The van der Waals surface area contributed by atoms with E-state index in [9.17, 15) is 9.59 Å². The highest BCUT2D eigenvalue weighted by molar-refractivity contribution is 6.34. The molecule has 0 saturated heterocycles. The van der Waals surface area contributed by atoms with Gasteiger partial charge in [-0.3, -0.25) is 4.79 Å². The van der Waals surface area contributed by atoms with E-state index in [2.05, 4.69) is 0 Å². The summed E-state index contributed by atoms with van der Waals surface area (Å²) in [4.78, 5) is 25.7. The molecule has 2 aromatic carbocycles. The Hall–Kier alpha value is -2.47. The number of benzene rings is 2. The zero-order valence-corrected chi connectivity index (χ0v) is 18.4. The van der Waals surface area contributed by atoms with Crippen molar-refractivity contribution in [2.75, 3.05) is 11.9 Å². The third-order valence-corrected chi connectivity index (χ3v) is 5.60. The summed E-state index contributed by atoms with van der Waals surface area (Å²) in [7, 11) is 1.88. The van der Waals surface area contributed by atoms with E-state index in [1.54, 1.807) is 34.9 Å². The maximum atomic E-state index is 12.7. The number of carboxylic acids is 1. The highest BCUT2D eigenvalue weighted by atomic mass is 35.5. The Kier molecular flexibility index (Phi) is 7.08. The number of hydrogen-bond acceptors (Lipinski definition) is 3. The highest BCUT2D eigenvalue weighted by Crippen LogP contribution is 2.24. The van der Waals surface area contributed by atoms with Gasteiger partial charge in [-0.25, -0.2) is 4.79 Å². The molecular formula is C22H19Cl3N2O3. The van der Waals surface area contributed by atoms with Crippen LogP contribution in [-0.2, 0) is 19.5 Å². The maximum Gasteiger partial charge on any atom is 0.335 e. The largest absolute Gasteiger partial charge is 0.478 e. The van der Waals surface area contributed by atoms with Crippen LogP contribution in [0.4, 0.5) is 5.69 Å². The number of carbonyl (C=O) groups is 1. The lowest BCUT2D eigenvalue weighted by Gasteiger charge is -2.23. The van der Waals surface area contributed by atoms with E-state index in [-0.39, 0.29) is 16.1 Å². The quantitative estimate of drug-likeness (QED) is 0.508. The molecule has 0 unspecified atom stereocenters. The minimum atomic E-state index is -0.981. The molecule has 0 fully saturated rings. The molecule has 1 aromatic heterocycles. The molecular weight excluding hydrogens is 447 g/mol. The van der Waals surface area contributed by atoms with Crippen molar-refractivity contribution < 1.29 is 9.90 Å². The summed E-state index contributed by atoms with van der Waals surface area (Å²) in [5.41, 5.74) is 2.31. The van der Waals surface area contributed by atoms with Crippen LogP contribution in [0.5, 0.6) is 0 Å². The van der Waals surface area contributed by atoms with E-state index in [1.165, 1.54) is 6.07 Å². The highest BCUT2D eigenvalue weighted by Gasteiger charge is 2.15. The topological polar surface area (TPSA) is 62.5 Å². The van der Waals surface area contributed by atoms with Crippen molar-refractivity contribution in [3.63, 3.8) is 0 Å². The third kappa shape index (κ3) is 5.17. The summed E-state index contributed by atoms with van der Waals surface area (Å²) in [6, 6.07) is 15.4. The fourth-order valence-electron chi connectivity index (χ4n) is 3.12. The second-order valence-electron chi connectivity index (χ2n) is 6.83. The van der Waals surface area contributed by atoms with Gasteiger partial charge in [-0.05, 0) is 48.4 Å². The van der Waals surface area contributed by atoms with E-state index >= 15 is 0 Å². The summed E-state index contributed by atoms with van der Waals surface area (Å²) in [6.45, 7) is 0.730. The molecule has 30 heavy (non-hydrogen) atoms. The molecule has 1 N–H and O–H groups in total. The predicted octanol–water partition coefficient (Wildman–Crippen LogP) is 5.39.